The van der Waals surface area contributed by atoms with E-state index in [1.165, 1.54) is 40.1 Å². The van der Waals surface area contributed by atoms with Crippen molar-refractivity contribution in [1.29, 1.82) is 0 Å². The zero-order valence-electron chi connectivity index (χ0n) is 24.7. The molecule has 0 bridgehead atoms. The van der Waals surface area contributed by atoms with E-state index in [9.17, 15) is 31.9 Å². The lowest BCUT2D eigenvalue weighted by atomic mass is 9.99. The minimum absolute atomic E-state index is 0.0689. The number of fused-ring (bicyclic) bond motifs is 2. The molecule has 2 N–H and O–H groups in total. The number of nitrogens with zero attached hydrogens (tertiary/aromatic N) is 5. The van der Waals surface area contributed by atoms with Crippen molar-refractivity contribution in [1.82, 2.24) is 29.5 Å². The van der Waals surface area contributed by atoms with E-state index in [4.69, 9.17) is 0 Å². The van der Waals surface area contributed by atoms with Crippen molar-refractivity contribution in [2.45, 2.75) is 45.3 Å². The number of carbonyl (C=O) groups excluding carboxylic acids is 2. The number of hydrogen-bond acceptors (Lipinski definition) is 6. The molecule has 2 aromatic carbocycles. The van der Waals surface area contributed by atoms with Crippen LogP contribution >= 0.6 is 0 Å². The Morgan fingerprint density at radius 3 is 2.40 bits per heavy atom. The monoisotopic (exact) mass is 625 g/mol. The van der Waals surface area contributed by atoms with E-state index in [1.54, 1.807) is 19.9 Å². The van der Waals surface area contributed by atoms with Gasteiger partial charge < -0.3 is 19.7 Å². The van der Waals surface area contributed by atoms with Crippen LogP contribution in [0.5, 0.6) is 0 Å². The van der Waals surface area contributed by atoms with Crippen LogP contribution in [0.4, 0.5) is 23.2 Å². The molecule has 0 spiro atoms. The first-order valence-electron chi connectivity index (χ1n) is 14.7. The van der Waals surface area contributed by atoms with Gasteiger partial charge in [0.25, 0.3) is 17.4 Å². The van der Waals surface area contributed by atoms with Gasteiger partial charge in [0.1, 0.15) is 5.82 Å². The third kappa shape index (κ3) is 5.76. The van der Waals surface area contributed by atoms with E-state index in [-0.39, 0.29) is 60.3 Å². The van der Waals surface area contributed by atoms with Gasteiger partial charge in [-0.3, -0.25) is 14.4 Å². The number of piperazine rings is 1. The lowest BCUT2D eigenvalue weighted by Crippen LogP contribution is -2.50. The summed E-state index contributed by atoms with van der Waals surface area (Å²) in [5, 5.41) is 9.93. The van der Waals surface area contributed by atoms with Crippen LogP contribution < -0.4 is 10.9 Å². The molecule has 1 fully saturated rings. The third-order valence-electron chi connectivity index (χ3n) is 8.26. The van der Waals surface area contributed by atoms with E-state index >= 15 is 0 Å². The van der Waals surface area contributed by atoms with Crippen molar-refractivity contribution in [2.75, 3.05) is 38.0 Å². The summed E-state index contributed by atoms with van der Waals surface area (Å²) in [7, 11) is 0. The summed E-state index contributed by atoms with van der Waals surface area (Å²) in [4.78, 5) is 45.6. The van der Waals surface area contributed by atoms with Gasteiger partial charge in [-0.15, -0.1) is 0 Å². The number of anilines is 1. The Kier molecular flexibility index (Phi) is 7.83. The van der Waals surface area contributed by atoms with Crippen LogP contribution in [0.1, 0.15) is 69.7 Å². The molecular weight excluding hydrogens is 594 g/mol. The molecule has 4 heterocycles. The molecule has 2 aromatic heterocycles. The minimum Gasteiger partial charge on any atom is -0.383 e. The largest absolute Gasteiger partial charge is 0.449 e. The van der Waals surface area contributed by atoms with Gasteiger partial charge in [-0.2, -0.15) is 18.3 Å². The molecule has 0 radical (unpaired) electrons. The number of hydrogen-bond donors (Lipinski definition) is 2. The number of amides is 2. The van der Waals surface area contributed by atoms with Crippen molar-refractivity contribution >= 4 is 28.5 Å². The van der Waals surface area contributed by atoms with Gasteiger partial charge in [0.05, 0.1) is 28.0 Å². The highest BCUT2D eigenvalue weighted by molar-refractivity contribution is 5.98. The summed E-state index contributed by atoms with van der Waals surface area (Å²) in [6.45, 7) is 4.60. The molecule has 2 amide bonds. The number of halogens is 4. The summed E-state index contributed by atoms with van der Waals surface area (Å²) < 4.78 is 56.8. The van der Waals surface area contributed by atoms with Crippen LogP contribution in [0.3, 0.4) is 0 Å². The zero-order valence-corrected chi connectivity index (χ0v) is 24.7. The molecule has 1 saturated heterocycles. The summed E-state index contributed by atoms with van der Waals surface area (Å²) >= 11 is 0. The van der Waals surface area contributed by atoms with Gasteiger partial charge in [0.15, 0.2) is 0 Å². The van der Waals surface area contributed by atoms with Crippen LogP contribution in [0, 0.1) is 5.82 Å². The second-order valence-electron chi connectivity index (χ2n) is 11.6. The van der Waals surface area contributed by atoms with Crippen molar-refractivity contribution in [3.63, 3.8) is 0 Å². The number of nitrogens with one attached hydrogen (secondary N) is 2. The summed E-state index contributed by atoms with van der Waals surface area (Å²) in [6.07, 6.45) is -2.91. The Hall–Kier alpha value is -4.75. The first-order chi connectivity index (χ1) is 21.4. The number of alkyl halides is 3. The molecule has 6 rings (SSSR count). The molecule has 0 saturated carbocycles. The van der Waals surface area contributed by atoms with Crippen LogP contribution in [0.2, 0.25) is 0 Å². The van der Waals surface area contributed by atoms with E-state index in [1.807, 2.05) is 0 Å². The molecule has 45 heavy (non-hydrogen) atoms. The number of aromatic nitrogens is 4. The lowest BCUT2D eigenvalue weighted by molar-refractivity contribution is -0.147. The predicted octanol–water partition coefficient (Wildman–Crippen LogP) is 4.41. The molecule has 236 valence electrons. The highest BCUT2D eigenvalue weighted by Gasteiger charge is 2.38. The Labute approximate surface area is 255 Å². The summed E-state index contributed by atoms with van der Waals surface area (Å²) in [5.41, 5.74) is 2.74. The molecule has 0 aliphatic carbocycles. The minimum atomic E-state index is -4.65. The lowest BCUT2D eigenvalue weighted by Gasteiger charge is -2.35. The number of benzene rings is 2. The maximum Gasteiger partial charge on any atom is 0.449 e. The van der Waals surface area contributed by atoms with Crippen molar-refractivity contribution < 1.29 is 27.2 Å². The molecule has 2 aliphatic heterocycles. The van der Waals surface area contributed by atoms with E-state index < -0.39 is 35.7 Å². The average molecular weight is 626 g/mol. The maximum atomic E-state index is 14.9. The van der Waals surface area contributed by atoms with Gasteiger partial charge >= 0.3 is 6.18 Å². The Balaban J connectivity index is 1.15. The van der Waals surface area contributed by atoms with E-state index in [2.05, 4.69) is 20.5 Å². The topological polar surface area (TPSA) is 116 Å². The SMILES string of the molecule is CC(C)n1c(C(F)(F)F)nc2cc(C(=O)N3CCN(C(=O)c4cc(Cc5n[nH]c(=O)c6c5NCCC6)ccc4F)CC3)ccc21. The molecule has 14 heteroatoms. The second-order valence-corrected chi connectivity index (χ2v) is 11.6. The molecule has 2 aliphatic rings. The van der Waals surface area contributed by atoms with Crippen LogP contribution in [-0.4, -0.2) is 74.1 Å². The van der Waals surface area contributed by atoms with Gasteiger partial charge in [-0.1, -0.05) is 6.07 Å². The number of rotatable bonds is 5. The zero-order chi connectivity index (χ0) is 32.0. The summed E-state index contributed by atoms with van der Waals surface area (Å²) in [5.74, 6) is -2.61. The first-order valence-corrected chi connectivity index (χ1v) is 14.7. The highest BCUT2D eigenvalue weighted by atomic mass is 19.4. The highest BCUT2D eigenvalue weighted by Crippen LogP contribution is 2.34. The number of aromatic amines is 1. The fraction of sp³-hybridized carbons (Fsp3) is 0.387. The van der Waals surface area contributed by atoms with Crippen molar-refractivity contribution in [3.05, 3.63) is 86.3 Å². The fourth-order valence-corrected chi connectivity index (χ4v) is 6.04. The fourth-order valence-electron chi connectivity index (χ4n) is 6.04. The number of imidazole rings is 1. The third-order valence-corrected chi connectivity index (χ3v) is 8.26. The summed E-state index contributed by atoms with van der Waals surface area (Å²) in [6, 6.07) is 8.10. The maximum absolute atomic E-state index is 14.9. The van der Waals surface area contributed by atoms with E-state index in [0.29, 0.717) is 35.5 Å². The van der Waals surface area contributed by atoms with Crippen molar-refractivity contribution in [2.24, 2.45) is 0 Å². The van der Waals surface area contributed by atoms with Crippen LogP contribution in [0.15, 0.2) is 41.2 Å². The standard InChI is InChI=1S/C31H31F4N7O3/c1-17(2)42-25-8-6-19(16-23(25)37-30(42)31(33,34)35)28(44)40-10-12-41(13-11-40)29(45)21-14-18(5-7-22(21)32)15-24-26-20(4-3-9-36-26)27(43)39-38-24/h5-8,14,16-17,36H,3-4,9-13,15H2,1-2H3,(H,39,43). The van der Waals surface area contributed by atoms with Crippen LogP contribution in [-0.2, 0) is 19.0 Å². The molecule has 4 aromatic rings. The average Bonchev–Trinajstić information content (AvgIpc) is 3.43. The predicted molar refractivity (Wildman–Crippen MR) is 158 cm³/mol. The number of H-pyrrole nitrogens is 1. The number of carbonyl (C=O) groups is 2. The molecule has 10 nitrogen and oxygen atoms in total. The quantitative estimate of drug-likeness (QED) is 0.318. The van der Waals surface area contributed by atoms with Crippen molar-refractivity contribution in [3.8, 4) is 0 Å². The van der Waals surface area contributed by atoms with E-state index in [0.717, 1.165) is 11.0 Å². The Morgan fingerprint density at radius 2 is 1.71 bits per heavy atom. The van der Waals surface area contributed by atoms with Crippen LogP contribution in [0.25, 0.3) is 11.0 Å². The molecule has 0 atom stereocenters. The Bertz CT molecular complexity index is 1860. The van der Waals surface area contributed by atoms with Gasteiger partial charge in [-0.05, 0) is 62.6 Å². The normalized spacial score (nSPS) is 15.4. The van der Waals surface area contributed by atoms with Gasteiger partial charge in [-0.25, -0.2) is 14.5 Å². The Morgan fingerprint density at radius 1 is 1.00 bits per heavy atom. The van der Waals surface area contributed by atoms with Gasteiger partial charge in [0.2, 0.25) is 5.82 Å². The second kappa shape index (κ2) is 11.6. The molecular formula is C31H31F4N7O3. The smallest absolute Gasteiger partial charge is 0.383 e. The molecule has 0 unspecified atom stereocenters. The van der Waals surface area contributed by atoms with Gasteiger partial charge in [0, 0.05) is 56.3 Å². The first kappa shape index (κ1) is 30.3.